The fourth-order valence-electron chi connectivity index (χ4n) is 3.11. The fourth-order valence-corrected chi connectivity index (χ4v) is 3.59. The standard InChI is InChI=1S/C20H34O3S/c1-3-4-5-6-7-8-9-10-11-12-18(2)17-19-13-15-20(16-14-19)24(21,22)23/h13-16,18H,3-12,17H2,1-2H3,(H,21,22,23). The molecule has 4 heteroatoms. The molecule has 0 aromatic heterocycles. The third-order valence-electron chi connectivity index (χ3n) is 4.61. The average molecular weight is 355 g/mol. The minimum absolute atomic E-state index is 0.0298. The molecule has 24 heavy (non-hydrogen) atoms. The molecule has 3 nitrogen and oxygen atoms in total. The molecule has 0 fully saturated rings. The van der Waals surface area contributed by atoms with Crippen molar-refractivity contribution in [3.05, 3.63) is 29.8 Å². The maximum absolute atomic E-state index is 11.0. The Morgan fingerprint density at radius 1 is 0.875 bits per heavy atom. The lowest BCUT2D eigenvalue weighted by molar-refractivity contribution is 0.477. The van der Waals surface area contributed by atoms with E-state index in [1.54, 1.807) is 12.1 Å². The molecule has 1 N–H and O–H groups in total. The number of hydrogen-bond donors (Lipinski definition) is 1. The predicted molar refractivity (Wildman–Crippen MR) is 101 cm³/mol. The van der Waals surface area contributed by atoms with Crippen LogP contribution in [-0.2, 0) is 16.5 Å². The van der Waals surface area contributed by atoms with Crippen LogP contribution in [0.2, 0.25) is 0 Å². The van der Waals surface area contributed by atoms with Gasteiger partial charge in [-0.3, -0.25) is 4.55 Å². The zero-order chi connectivity index (χ0) is 17.8. The van der Waals surface area contributed by atoms with Gasteiger partial charge in [0, 0.05) is 0 Å². The van der Waals surface area contributed by atoms with E-state index in [-0.39, 0.29) is 4.90 Å². The van der Waals surface area contributed by atoms with Gasteiger partial charge >= 0.3 is 0 Å². The van der Waals surface area contributed by atoms with Crippen LogP contribution in [0.15, 0.2) is 29.2 Å². The van der Waals surface area contributed by atoms with Gasteiger partial charge in [0.2, 0.25) is 0 Å². The van der Waals surface area contributed by atoms with E-state index in [1.807, 2.05) is 0 Å². The molecule has 0 radical (unpaired) electrons. The third kappa shape index (κ3) is 9.43. The summed E-state index contributed by atoms with van der Waals surface area (Å²) in [6.45, 7) is 4.51. The second kappa shape index (κ2) is 11.6. The Morgan fingerprint density at radius 3 is 1.88 bits per heavy atom. The van der Waals surface area contributed by atoms with Crippen LogP contribution in [0.1, 0.15) is 83.6 Å². The second-order valence-electron chi connectivity index (χ2n) is 7.05. The number of benzene rings is 1. The van der Waals surface area contributed by atoms with Gasteiger partial charge < -0.3 is 0 Å². The van der Waals surface area contributed by atoms with Crippen LogP contribution >= 0.6 is 0 Å². The van der Waals surface area contributed by atoms with Crippen molar-refractivity contribution < 1.29 is 13.0 Å². The van der Waals surface area contributed by atoms with Gasteiger partial charge in [0.05, 0.1) is 4.90 Å². The third-order valence-corrected chi connectivity index (χ3v) is 5.47. The fraction of sp³-hybridized carbons (Fsp3) is 0.700. The summed E-state index contributed by atoms with van der Waals surface area (Å²) in [5.41, 5.74) is 1.13. The highest BCUT2D eigenvalue weighted by Crippen LogP contribution is 2.18. The normalized spacial score (nSPS) is 13.1. The van der Waals surface area contributed by atoms with E-state index in [2.05, 4.69) is 13.8 Å². The first-order chi connectivity index (χ1) is 11.4. The Kier molecular flexibility index (Phi) is 10.3. The Hall–Kier alpha value is -0.870. The van der Waals surface area contributed by atoms with Crippen LogP contribution in [0.4, 0.5) is 0 Å². The van der Waals surface area contributed by atoms with Crippen molar-refractivity contribution >= 4 is 10.1 Å². The van der Waals surface area contributed by atoms with Gasteiger partial charge in [-0.25, -0.2) is 0 Å². The maximum atomic E-state index is 11.0. The first-order valence-electron chi connectivity index (χ1n) is 9.50. The van der Waals surface area contributed by atoms with Gasteiger partial charge in [0.1, 0.15) is 0 Å². The van der Waals surface area contributed by atoms with Crippen LogP contribution in [0.5, 0.6) is 0 Å². The molecule has 1 atom stereocenters. The van der Waals surface area contributed by atoms with Crippen molar-refractivity contribution in [1.29, 1.82) is 0 Å². The highest BCUT2D eigenvalue weighted by molar-refractivity contribution is 7.85. The molecule has 0 saturated heterocycles. The van der Waals surface area contributed by atoms with Crippen LogP contribution in [0, 0.1) is 5.92 Å². The molecular weight excluding hydrogens is 320 g/mol. The molecule has 0 aliphatic rings. The zero-order valence-corrected chi connectivity index (χ0v) is 16.2. The molecule has 0 aliphatic heterocycles. The molecular formula is C20H34O3S. The minimum atomic E-state index is -4.08. The molecule has 0 bridgehead atoms. The van der Waals surface area contributed by atoms with Crippen LogP contribution in [-0.4, -0.2) is 13.0 Å². The van der Waals surface area contributed by atoms with Crippen molar-refractivity contribution in [1.82, 2.24) is 0 Å². The van der Waals surface area contributed by atoms with Gasteiger partial charge in [-0.2, -0.15) is 8.42 Å². The van der Waals surface area contributed by atoms with E-state index in [1.165, 1.54) is 76.3 Å². The topological polar surface area (TPSA) is 54.4 Å². The highest BCUT2D eigenvalue weighted by Gasteiger charge is 2.09. The van der Waals surface area contributed by atoms with E-state index < -0.39 is 10.1 Å². The maximum Gasteiger partial charge on any atom is 0.294 e. The summed E-state index contributed by atoms with van der Waals surface area (Å²) in [4.78, 5) is -0.0298. The van der Waals surface area contributed by atoms with E-state index in [4.69, 9.17) is 4.55 Å². The highest BCUT2D eigenvalue weighted by atomic mass is 32.2. The lowest BCUT2D eigenvalue weighted by Gasteiger charge is -2.11. The molecule has 1 unspecified atom stereocenters. The largest absolute Gasteiger partial charge is 0.294 e. The van der Waals surface area contributed by atoms with Crippen LogP contribution < -0.4 is 0 Å². The minimum Gasteiger partial charge on any atom is -0.282 e. The number of unbranched alkanes of at least 4 members (excludes halogenated alkanes) is 8. The molecule has 0 spiro atoms. The van der Waals surface area contributed by atoms with Gasteiger partial charge in [-0.05, 0) is 30.0 Å². The monoisotopic (exact) mass is 354 g/mol. The SMILES string of the molecule is CCCCCCCCCCCC(C)Cc1ccc(S(=O)(=O)O)cc1. The van der Waals surface area contributed by atoms with E-state index in [0.29, 0.717) is 5.92 Å². The zero-order valence-electron chi connectivity index (χ0n) is 15.3. The Balaban J connectivity index is 2.12. The second-order valence-corrected chi connectivity index (χ2v) is 8.47. The molecule has 0 saturated carbocycles. The molecule has 0 heterocycles. The van der Waals surface area contributed by atoms with E-state index in [0.717, 1.165) is 12.0 Å². The van der Waals surface area contributed by atoms with E-state index in [9.17, 15) is 8.42 Å². The first kappa shape index (κ1) is 21.2. The van der Waals surface area contributed by atoms with Gasteiger partial charge in [-0.1, -0.05) is 90.2 Å². The molecule has 1 aromatic rings. The van der Waals surface area contributed by atoms with Crippen molar-refractivity contribution in [2.75, 3.05) is 0 Å². The van der Waals surface area contributed by atoms with Gasteiger partial charge in [0.25, 0.3) is 10.1 Å². The Morgan fingerprint density at radius 2 is 1.38 bits per heavy atom. The van der Waals surface area contributed by atoms with Crippen molar-refractivity contribution in [3.8, 4) is 0 Å². The number of hydrogen-bond acceptors (Lipinski definition) is 2. The van der Waals surface area contributed by atoms with E-state index >= 15 is 0 Å². The van der Waals surface area contributed by atoms with Crippen molar-refractivity contribution in [3.63, 3.8) is 0 Å². The van der Waals surface area contributed by atoms with Gasteiger partial charge in [-0.15, -0.1) is 0 Å². The summed E-state index contributed by atoms with van der Waals surface area (Å²) in [7, 11) is -4.08. The number of rotatable bonds is 13. The summed E-state index contributed by atoms with van der Waals surface area (Å²) in [5, 5.41) is 0. The summed E-state index contributed by atoms with van der Waals surface area (Å²) >= 11 is 0. The lowest BCUT2D eigenvalue weighted by Crippen LogP contribution is -2.02. The Bertz CT molecular complexity index is 535. The smallest absolute Gasteiger partial charge is 0.282 e. The molecule has 1 rings (SSSR count). The van der Waals surface area contributed by atoms with Crippen LogP contribution in [0.3, 0.4) is 0 Å². The van der Waals surface area contributed by atoms with Gasteiger partial charge in [0.15, 0.2) is 0 Å². The summed E-state index contributed by atoms with van der Waals surface area (Å²) in [5.74, 6) is 0.603. The molecule has 138 valence electrons. The molecule has 0 amide bonds. The average Bonchev–Trinajstić information content (AvgIpc) is 2.53. The predicted octanol–water partition coefficient (Wildman–Crippen LogP) is 6.03. The lowest BCUT2D eigenvalue weighted by atomic mass is 9.95. The Labute approximate surface area is 148 Å². The van der Waals surface area contributed by atoms with Crippen molar-refractivity contribution in [2.24, 2.45) is 5.92 Å². The first-order valence-corrected chi connectivity index (χ1v) is 10.9. The summed E-state index contributed by atoms with van der Waals surface area (Å²) in [6.07, 6.45) is 14.4. The summed E-state index contributed by atoms with van der Waals surface area (Å²) in [6, 6.07) is 6.57. The molecule has 1 aromatic carbocycles. The quantitative estimate of drug-likeness (QED) is 0.347. The van der Waals surface area contributed by atoms with Crippen molar-refractivity contribution in [2.45, 2.75) is 89.4 Å². The van der Waals surface area contributed by atoms with Crippen LogP contribution in [0.25, 0.3) is 0 Å². The summed E-state index contributed by atoms with van der Waals surface area (Å²) < 4.78 is 31.0. The molecule has 0 aliphatic carbocycles.